The molecule has 142 valence electrons. The number of nitrogens with zero attached hydrogens (tertiary/aromatic N) is 2. The Morgan fingerprint density at radius 1 is 1.37 bits per heavy atom. The summed E-state index contributed by atoms with van der Waals surface area (Å²) in [5.74, 6) is 1.42. The van der Waals surface area contributed by atoms with Gasteiger partial charge < -0.3 is 19.5 Å². The fourth-order valence-electron chi connectivity index (χ4n) is 3.79. The van der Waals surface area contributed by atoms with Gasteiger partial charge >= 0.3 is 0 Å². The van der Waals surface area contributed by atoms with E-state index in [4.69, 9.17) is 9.47 Å². The molecule has 0 saturated carbocycles. The lowest BCUT2D eigenvalue weighted by Gasteiger charge is -2.29. The van der Waals surface area contributed by atoms with E-state index in [1.165, 1.54) is 0 Å². The van der Waals surface area contributed by atoms with Crippen molar-refractivity contribution in [3.8, 4) is 5.88 Å². The average molecular weight is 366 g/mol. The van der Waals surface area contributed by atoms with Crippen LogP contribution in [0.5, 0.6) is 5.88 Å². The fraction of sp³-hybridized carbons (Fsp3) is 0.409. The Bertz CT molecular complexity index is 802. The number of ether oxygens (including phenoxy) is 2. The maximum absolute atomic E-state index is 9.67. The number of pyridine rings is 1. The number of rotatable bonds is 4. The number of hydrogen-bond acceptors (Lipinski definition) is 5. The molecule has 0 spiro atoms. The Kier molecular flexibility index (Phi) is 5.53. The van der Waals surface area contributed by atoms with Crippen molar-refractivity contribution in [3.05, 3.63) is 65.6 Å². The molecule has 0 radical (unpaired) electrons. The van der Waals surface area contributed by atoms with E-state index in [1.54, 1.807) is 13.3 Å². The summed E-state index contributed by atoms with van der Waals surface area (Å²) in [5, 5.41) is 9.67. The highest BCUT2D eigenvalue weighted by Crippen LogP contribution is 2.36. The highest BCUT2D eigenvalue weighted by Gasteiger charge is 2.25. The van der Waals surface area contributed by atoms with Crippen molar-refractivity contribution >= 4 is 5.57 Å². The van der Waals surface area contributed by atoms with E-state index in [1.807, 2.05) is 24.3 Å². The van der Waals surface area contributed by atoms with Crippen LogP contribution in [0.15, 0.2) is 60.0 Å². The summed E-state index contributed by atoms with van der Waals surface area (Å²) in [7, 11) is 1.71. The second kappa shape index (κ2) is 8.21. The van der Waals surface area contributed by atoms with Gasteiger partial charge in [0.15, 0.2) is 0 Å². The first-order valence-electron chi connectivity index (χ1n) is 9.61. The van der Waals surface area contributed by atoms with Crippen LogP contribution in [-0.2, 0) is 4.74 Å². The Labute approximate surface area is 160 Å². The third kappa shape index (κ3) is 4.05. The third-order valence-corrected chi connectivity index (χ3v) is 5.34. The Hall–Kier alpha value is -2.21. The van der Waals surface area contributed by atoms with Crippen molar-refractivity contribution in [1.82, 2.24) is 9.88 Å². The molecule has 1 aliphatic carbocycles. The molecule has 0 aromatic carbocycles. The molecule has 1 atom stereocenters. The molecule has 1 fully saturated rings. The molecule has 1 unspecified atom stereocenters. The Morgan fingerprint density at radius 2 is 2.22 bits per heavy atom. The van der Waals surface area contributed by atoms with E-state index < -0.39 is 0 Å². The zero-order valence-corrected chi connectivity index (χ0v) is 15.7. The zero-order valence-electron chi connectivity index (χ0n) is 15.7. The molecule has 3 heterocycles. The highest BCUT2D eigenvalue weighted by atomic mass is 16.5. The van der Waals surface area contributed by atoms with E-state index in [0.29, 0.717) is 5.88 Å². The standard InChI is InChI=1S/C22H26N2O3/c1-26-20-7-2-8-21-19(20)15-16(18-6-3-11-23-22(18)27-21)5-4-12-24-13-9-17(25)10-14-24/h2-3,5-8,11,15,17,20,25H,4,9-10,12-14H2,1H3. The van der Waals surface area contributed by atoms with Gasteiger partial charge in [-0.05, 0) is 49.1 Å². The molecule has 4 rings (SSSR count). The number of hydrogen-bond donors (Lipinski definition) is 1. The minimum absolute atomic E-state index is 0.119. The monoisotopic (exact) mass is 366 g/mol. The predicted molar refractivity (Wildman–Crippen MR) is 105 cm³/mol. The molecule has 0 amide bonds. The maximum atomic E-state index is 9.67. The quantitative estimate of drug-likeness (QED) is 0.887. The van der Waals surface area contributed by atoms with Gasteiger partial charge in [0.05, 0.1) is 6.10 Å². The van der Waals surface area contributed by atoms with Crippen molar-refractivity contribution in [2.45, 2.75) is 31.5 Å². The summed E-state index contributed by atoms with van der Waals surface area (Å²) in [5.41, 5.74) is 3.14. The van der Waals surface area contributed by atoms with Gasteiger partial charge in [-0.1, -0.05) is 18.2 Å². The van der Waals surface area contributed by atoms with Crippen LogP contribution in [0.4, 0.5) is 0 Å². The van der Waals surface area contributed by atoms with E-state index in [2.05, 4.69) is 28.1 Å². The second-order valence-electron chi connectivity index (χ2n) is 7.15. The SMILES string of the molecule is COC1C=CC=C2Oc3ncccc3C(=CCCN3CCC(O)CC3)C=C21. The van der Waals surface area contributed by atoms with Crippen LogP contribution in [0.3, 0.4) is 0 Å². The van der Waals surface area contributed by atoms with Gasteiger partial charge in [0.2, 0.25) is 5.88 Å². The maximum Gasteiger partial charge on any atom is 0.227 e. The molecule has 3 aliphatic rings. The largest absolute Gasteiger partial charge is 0.438 e. The first kappa shape index (κ1) is 18.2. The number of likely N-dealkylation sites (tertiary alicyclic amines) is 1. The van der Waals surface area contributed by atoms with Crippen LogP contribution in [0.2, 0.25) is 0 Å². The minimum atomic E-state index is -0.128. The van der Waals surface area contributed by atoms with Crippen LogP contribution >= 0.6 is 0 Å². The molecule has 1 aromatic rings. The molecule has 5 heteroatoms. The third-order valence-electron chi connectivity index (χ3n) is 5.34. The molecule has 1 aromatic heterocycles. The fourth-order valence-corrected chi connectivity index (χ4v) is 3.79. The van der Waals surface area contributed by atoms with Crippen molar-refractivity contribution in [2.24, 2.45) is 0 Å². The van der Waals surface area contributed by atoms with Gasteiger partial charge in [-0.3, -0.25) is 0 Å². The lowest BCUT2D eigenvalue weighted by atomic mass is 9.97. The van der Waals surface area contributed by atoms with Gasteiger partial charge in [0.25, 0.3) is 0 Å². The lowest BCUT2D eigenvalue weighted by molar-refractivity contribution is 0.0835. The second-order valence-corrected chi connectivity index (χ2v) is 7.15. The van der Waals surface area contributed by atoms with E-state index >= 15 is 0 Å². The number of piperidine rings is 1. The van der Waals surface area contributed by atoms with Crippen molar-refractivity contribution in [1.29, 1.82) is 0 Å². The summed E-state index contributed by atoms with van der Waals surface area (Å²) in [6.45, 7) is 2.93. The van der Waals surface area contributed by atoms with Crippen LogP contribution in [0.25, 0.3) is 5.57 Å². The van der Waals surface area contributed by atoms with Gasteiger partial charge in [0.1, 0.15) is 11.9 Å². The first-order chi connectivity index (χ1) is 13.2. The molecular weight excluding hydrogens is 340 g/mol. The lowest BCUT2D eigenvalue weighted by Crippen LogP contribution is -2.36. The molecule has 1 saturated heterocycles. The number of aliphatic hydroxyl groups excluding tert-OH is 1. The van der Waals surface area contributed by atoms with Crippen LogP contribution in [-0.4, -0.2) is 53.9 Å². The zero-order chi connectivity index (χ0) is 18.6. The highest BCUT2D eigenvalue weighted by molar-refractivity contribution is 5.80. The summed E-state index contributed by atoms with van der Waals surface area (Å²) < 4.78 is 11.7. The molecule has 2 aliphatic heterocycles. The topological polar surface area (TPSA) is 54.8 Å². The van der Waals surface area contributed by atoms with Crippen LogP contribution < -0.4 is 4.74 Å². The Balaban J connectivity index is 1.58. The number of aliphatic hydroxyl groups is 1. The number of aromatic nitrogens is 1. The van der Waals surface area contributed by atoms with E-state index in [9.17, 15) is 5.11 Å². The Morgan fingerprint density at radius 3 is 3.04 bits per heavy atom. The summed E-state index contributed by atoms with van der Waals surface area (Å²) in [6, 6.07) is 3.99. The molecular formula is C22H26N2O3. The average Bonchev–Trinajstić information content (AvgIpc) is 2.86. The summed E-state index contributed by atoms with van der Waals surface area (Å²) in [4.78, 5) is 6.85. The number of fused-ring (bicyclic) bond motifs is 2. The smallest absolute Gasteiger partial charge is 0.227 e. The van der Waals surface area contributed by atoms with Crippen molar-refractivity contribution in [2.75, 3.05) is 26.7 Å². The van der Waals surface area contributed by atoms with Gasteiger partial charge in [0, 0.05) is 44.1 Å². The van der Waals surface area contributed by atoms with Gasteiger partial charge in [-0.15, -0.1) is 0 Å². The van der Waals surface area contributed by atoms with Crippen LogP contribution in [0, 0.1) is 0 Å². The minimum Gasteiger partial charge on any atom is -0.438 e. The summed E-state index contributed by atoms with van der Waals surface area (Å²) >= 11 is 0. The van der Waals surface area contributed by atoms with Crippen molar-refractivity contribution in [3.63, 3.8) is 0 Å². The van der Waals surface area contributed by atoms with Gasteiger partial charge in [-0.2, -0.15) is 0 Å². The van der Waals surface area contributed by atoms with E-state index in [-0.39, 0.29) is 12.2 Å². The summed E-state index contributed by atoms with van der Waals surface area (Å²) in [6.07, 6.45) is 14.6. The van der Waals surface area contributed by atoms with Crippen LogP contribution in [0.1, 0.15) is 24.8 Å². The molecule has 5 nitrogen and oxygen atoms in total. The molecule has 1 N–H and O–H groups in total. The predicted octanol–water partition coefficient (Wildman–Crippen LogP) is 3.10. The molecule has 27 heavy (non-hydrogen) atoms. The van der Waals surface area contributed by atoms with Gasteiger partial charge in [-0.25, -0.2) is 4.98 Å². The normalized spacial score (nSPS) is 24.5. The molecule has 0 bridgehead atoms. The number of allylic oxidation sites excluding steroid dienone is 4. The number of methoxy groups -OCH3 is 1. The van der Waals surface area contributed by atoms with E-state index in [0.717, 1.165) is 61.4 Å². The van der Waals surface area contributed by atoms with Crippen molar-refractivity contribution < 1.29 is 14.6 Å². The first-order valence-corrected chi connectivity index (χ1v) is 9.61.